The minimum absolute atomic E-state index is 0.202. The highest BCUT2D eigenvalue weighted by Crippen LogP contribution is 2.22. The Balaban J connectivity index is 2.40. The molecule has 6 atom stereocenters. The van der Waals surface area contributed by atoms with Crippen LogP contribution in [-0.2, 0) is 28.5 Å². The van der Waals surface area contributed by atoms with Crippen molar-refractivity contribution in [3.05, 3.63) is 42.2 Å². The van der Waals surface area contributed by atoms with Gasteiger partial charge >= 0.3 is 11.9 Å². The summed E-state index contributed by atoms with van der Waals surface area (Å²) in [5.74, 6) is -0.867. The van der Waals surface area contributed by atoms with E-state index in [1.165, 1.54) is 70.6 Å². The highest BCUT2D eigenvalue weighted by molar-refractivity contribution is 5.70. The van der Waals surface area contributed by atoms with Crippen LogP contribution in [0.25, 0.3) is 0 Å². The number of carbonyl (C=O) groups is 2. The molecule has 4 N–H and O–H groups in total. The normalized spacial score (nSPS) is 20.4. The lowest BCUT2D eigenvalue weighted by atomic mass is 9.99. The van der Waals surface area contributed by atoms with Crippen LogP contribution in [0.15, 0.2) is 42.2 Å². The van der Waals surface area contributed by atoms with Crippen molar-refractivity contribution in [2.45, 2.75) is 211 Å². The second-order valence-corrected chi connectivity index (χ2v) is 14.9. The minimum atomic E-state index is -1.60. The second kappa shape index (κ2) is 36.1. The van der Waals surface area contributed by atoms with Gasteiger partial charge < -0.3 is 39.4 Å². The fraction of sp³-hybridized carbons (Fsp3) is 0.800. The van der Waals surface area contributed by atoms with E-state index in [1.807, 2.05) is 0 Å². The summed E-state index contributed by atoms with van der Waals surface area (Å²) in [5.41, 5.74) is 3.29. The summed E-state index contributed by atoms with van der Waals surface area (Å²) in [7, 11) is 0. The third-order valence-electron chi connectivity index (χ3n) is 9.77. The van der Waals surface area contributed by atoms with Crippen molar-refractivity contribution < 1.29 is 49.0 Å². The van der Waals surface area contributed by atoms with Gasteiger partial charge in [-0.2, -0.15) is 0 Å². The molecule has 55 heavy (non-hydrogen) atoms. The largest absolute Gasteiger partial charge is 0.462 e. The SMILES string of the molecule is CCCCCCCC=C=CCCCCCCCC(=O)O[C@@H](COC(=O)CCCC/C=C/C/C=C/CCCCCCCC)CO[C@H]1O[C@@H](CO)[C@@H](O)C(O)C1O. The van der Waals surface area contributed by atoms with Gasteiger partial charge in [-0.3, -0.25) is 9.59 Å². The van der Waals surface area contributed by atoms with Crippen molar-refractivity contribution in [2.24, 2.45) is 0 Å². The van der Waals surface area contributed by atoms with Crippen molar-refractivity contribution in [1.82, 2.24) is 0 Å². The van der Waals surface area contributed by atoms with Gasteiger partial charge in [-0.05, 0) is 82.8 Å². The van der Waals surface area contributed by atoms with Crippen LogP contribution in [0, 0.1) is 0 Å². The average molecular weight is 779 g/mol. The van der Waals surface area contributed by atoms with E-state index in [1.54, 1.807) is 0 Å². The fourth-order valence-electron chi connectivity index (χ4n) is 6.25. The molecule has 1 fully saturated rings. The third-order valence-corrected chi connectivity index (χ3v) is 9.77. The molecule has 0 saturated carbocycles. The maximum atomic E-state index is 12.7. The van der Waals surface area contributed by atoms with Crippen molar-refractivity contribution in [3.8, 4) is 0 Å². The summed E-state index contributed by atoms with van der Waals surface area (Å²) in [6.45, 7) is 3.34. The van der Waals surface area contributed by atoms with Crippen molar-refractivity contribution in [1.29, 1.82) is 0 Å². The van der Waals surface area contributed by atoms with Crippen LogP contribution in [0.5, 0.6) is 0 Å². The number of hydrogen-bond donors (Lipinski definition) is 4. The van der Waals surface area contributed by atoms with Gasteiger partial charge in [0.25, 0.3) is 0 Å². The van der Waals surface area contributed by atoms with Crippen molar-refractivity contribution in [2.75, 3.05) is 19.8 Å². The van der Waals surface area contributed by atoms with E-state index in [2.05, 4.69) is 56.0 Å². The Morgan fingerprint density at radius 3 is 1.73 bits per heavy atom. The van der Waals surface area contributed by atoms with Gasteiger partial charge in [0.1, 0.15) is 31.0 Å². The Morgan fingerprint density at radius 2 is 1.13 bits per heavy atom. The number of unbranched alkanes of at least 4 members (excludes halogenated alkanes) is 18. The molecule has 0 aromatic carbocycles. The van der Waals surface area contributed by atoms with Gasteiger partial charge in [0.05, 0.1) is 13.2 Å². The van der Waals surface area contributed by atoms with Crippen molar-refractivity contribution in [3.63, 3.8) is 0 Å². The Hall–Kier alpha value is -2.30. The maximum absolute atomic E-state index is 12.7. The van der Waals surface area contributed by atoms with Crippen molar-refractivity contribution >= 4 is 11.9 Å². The number of carbonyl (C=O) groups excluding carboxylic acids is 2. The Morgan fingerprint density at radius 1 is 0.618 bits per heavy atom. The van der Waals surface area contributed by atoms with E-state index >= 15 is 0 Å². The highest BCUT2D eigenvalue weighted by atomic mass is 16.7. The Kier molecular flexibility index (Phi) is 33.3. The van der Waals surface area contributed by atoms with E-state index < -0.39 is 55.4 Å². The molecule has 10 heteroatoms. The molecule has 0 radical (unpaired) electrons. The molecule has 1 saturated heterocycles. The zero-order chi connectivity index (χ0) is 40.2. The topological polar surface area (TPSA) is 152 Å². The maximum Gasteiger partial charge on any atom is 0.306 e. The van der Waals surface area contributed by atoms with Gasteiger partial charge in [0.15, 0.2) is 12.4 Å². The van der Waals surface area contributed by atoms with Crippen LogP contribution in [0.1, 0.15) is 174 Å². The number of rotatable bonds is 35. The predicted octanol–water partition coefficient (Wildman–Crippen LogP) is 8.87. The molecule has 2 unspecified atom stereocenters. The zero-order valence-corrected chi connectivity index (χ0v) is 34.5. The first-order valence-corrected chi connectivity index (χ1v) is 21.8. The first-order chi connectivity index (χ1) is 26.8. The summed E-state index contributed by atoms with van der Waals surface area (Å²) >= 11 is 0. The standard InChI is InChI=1S/C45H78O10/c1-3-5-7-9-11-13-15-17-19-21-23-25-27-29-31-33-40(47)52-36-38(37-53-45-44(51)43(50)42(49)39(35-46)55-45)54-41(48)34-32-30-28-26-24-22-20-18-16-14-12-10-8-6-4-2/h16-17,19-20,23,25,38-39,42-46,49-51H,3-15,21-22,24,26-37H2,1-2H3/b19-17+,25-23+/t18?,38-,39-,42+,43?,44?,45-/m0/s1. The third kappa shape index (κ3) is 27.9. The summed E-state index contributed by atoms with van der Waals surface area (Å²) in [6, 6.07) is 0. The lowest BCUT2D eigenvalue weighted by molar-refractivity contribution is -0.305. The lowest BCUT2D eigenvalue weighted by Gasteiger charge is -2.39. The van der Waals surface area contributed by atoms with Crippen LogP contribution in [0.3, 0.4) is 0 Å². The number of aliphatic hydroxyl groups is 4. The Labute approximate surface area is 333 Å². The Bertz CT molecular complexity index is 1050. The van der Waals surface area contributed by atoms with Gasteiger partial charge in [-0.1, -0.05) is 115 Å². The second-order valence-electron chi connectivity index (χ2n) is 14.9. The highest BCUT2D eigenvalue weighted by Gasteiger charge is 2.44. The van der Waals surface area contributed by atoms with Crippen LogP contribution in [-0.4, -0.2) is 89.0 Å². The molecular weight excluding hydrogens is 700 g/mol. The van der Waals surface area contributed by atoms with E-state index in [0.717, 1.165) is 64.2 Å². The summed E-state index contributed by atoms with van der Waals surface area (Å²) in [5, 5.41) is 40.0. The molecule has 10 nitrogen and oxygen atoms in total. The monoisotopic (exact) mass is 779 g/mol. The van der Waals surface area contributed by atoms with E-state index in [4.69, 9.17) is 18.9 Å². The predicted molar refractivity (Wildman–Crippen MR) is 218 cm³/mol. The molecule has 1 heterocycles. The molecule has 0 aromatic rings. The van der Waals surface area contributed by atoms with E-state index in [-0.39, 0.29) is 26.1 Å². The minimum Gasteiger partial charge on any atom is -0.462 e. The average Bonchev–Trinajstić information content (AvgIpc) is 3.18. The lowest BCUT2D eigenvalue weighted by Crippen LogP contribution is -2.59. The molecule has 0 amide bonds. The van der Waals surface area contributed by atoms with Gasteiger partial charge in [-0.25, -0.2) is 0 Å². The quantitative estimate of drug-likeness (QED) is 0.0213. The fourth-order valence-corrected chi connectivity index (χ4v) is 6.25. The molecular formula is C45H78O10. The van der Waals surface area contributed by atoms with Crippen LogP contribution < -0.4 is 0 Å². The van der Waals surface area contributed by atoms with E-state index in [9.17, 15) is 30.0 Å². The molecule has 0 spiro atoms. The first kappa shape index (κ1) is 50.7. The number of esters is 2. The van der Waals surface area contributed by atoms with Gasteiger partial charge in [0.2, 0.25) is 0 Å². The summed E-state index contributed by atoms with van der Waals surface area (Å²) in [4.78, 5) is 25.3. The summed E-state index contributed by atoms with van der Waals surface area (Å²) in [6.07, 6.45) is 30.7. The molecule has 1 aliphatic heterocycles. The van der Waals surface area contributed by atoms with Crippen LogP contribution in [0.2, 0.25) is 0 Å². The van der Waals surface area contributed by atoms with Gasteiger partial charge in [0, 0.05) is 12.8 Å². The van der Waals surface area contributed by atoms with E-state index in [0.29, 0.717) is 12.8 Å². The molecule has 1 rings (SSSR count). The molecule has 0 aromatic heterocycles. The number of aliphatic hydroxyl groups excluding tert-OH is 4. The smallest absolute Gasteiger partial charge is 0.306 e. The first-order valence-electron chi connectivity index (χ1n) is 21.8. The zero-order valence-electron chi connectivity index (χ0n) is 34.5. The van der Waals surface area contributed by atoms with Crippen LogP contribution >= 0.6 is 0 Å². The molecule has 0 bridgehead atoms. The summed E-state index contributed by atoms with van der Waals surface area (Å²) < 4.78 is 22.1. The van der Waals surface area contributed by atoms with Gasteiger partial charge in [-0.15, -0.1) is 5.73 Å². The number of allylic oxidation sites excluding steroid dienone is 5. The number of ether oxygens (including phenoxy) is 4. The van der Waals surface area contributed by atoms with Crippen LogP contribution in [0.4, 0.5) is 0 Å². The molecule has 318 valence electrons. The molecule has 1 aliphatic rings. The number of hydrogen-bond acceptors (Lipinski definition) is 10. The molecule has 0 aliphatic carbocycles.